The highest BCUT2D eigenvalue weighted by Gasteiger charge is 2.28. The minimum absolute atomic E-state index is 0.196. The first-order valence-electron chi connectivity index (χ1n) is 9.30. The smallest absolute Gasteiger partial charge is 0.317 e. The molecule has 0 aromatic carbocycles. The Morgan fingerprint density at radius 1 is 1.14 bits per heavy atom. The highest BCUT2D eigenvalue weighted by atomic mass is 16.4. The summed E-state index contributed by atoms with van der Waals surface area (Å²) in [5, 5.41) is 9.01. The lowest BCUT2D eigenvalue weighted by molar-refractivity contribution is -0.139. The first kappa shape index (κ1) is 17.7. The van der Waals surface area contributed by atoms with Gasteiger partial charge in [-0.15, -0.1) is 0 Å². The Hall–Kier alpha value is -0.610. The number of likely N-dealkylation sites (tertiary alicyclic amines) is 1. The van der Waals surface area contributed by atoms with Gasteiger partial charge in [-0.3, -0.25) is 9.69 Å². The summed E-state index contributed by atoms with van der Waals surface area (Å²) in [6.07, 6.45) is 9.31. The van der Waals surface area contributed by atoms with E-state index in [0.29, 0.717) is 6.04 Å². The number of hydrogen-bond acceptors (Lipinski definition) is 3. The van der Waals surface area contributed by atoms with Crippen LogP contribution in [-0.4, -0.2) is 59.6 Å². The Kier molecular flexibility index (Phi) is 7.16. The predicted octanol–water partition coefficient (Wildman–Crippen LogP) is 3.07. The van der Waals surface area contributed by atoms with Crippen LogP contribution < -0.4 is 0 Å². The second kappa shape index (κ2) is 8.88. The number of piperidine rings is 1. The molecule has 4 nitrogen and oxygen atoms in total. The molecule has 0 aromatic heterocycles. The minimum Gasteiger partial charge on any atom is -0.480 e. The number of carboxylic acids is 1. The molecule has 22 heavy (non-hydrogen) atoms. The molecule has 1 aliphatic carbocycles. The monoisotopic (exact) mass is 310 g/mol. The van der Waals surface area contributed by atoms with Gasteiger partial charge in [0.25, 0.3) is 0 Å². The maximum atomic E-state index is 10.9. The first-order valence-corrected chi connectivity index (χ1v) is 9.30. The molecular weight excluding hydrogens is 276 g/mol. The van der Waals surface area contributed by atoms with Crippen LogP contribution in [0.4, 0.5) is 0 Å². The van der Waals surface area contributed by atoms with Gasteiger partial charge in [-0.25, -0.2) is 0 Å². The number of aliphatic carboxylic acids is 1. The number of rotatable bonds is 7. The molecule has 0 bridgehead atoms. The molecule has 2 unspecified atom stereocenters. The van der Waals surface area contributed by atoms with Gasteiger partial charge in [0.2, 0.25) is 0 Å². The van der Waals surface area contributed by atoms with Gasteiger partial charge in [0.15, 0.2) is 0 Å². The Labute approximate surface area is 135 Å². The molecule has 1 heterocycles. The molecule has 2 aliphatic rings. The molecule has 1 saturated carbocycles. The molecule has 1 aliphatic heterocycles. The highest BCUT2D eigenvalue weighted by Crippen LogP contribution is 2.32. The second-order valence-corrected chi connectivity index (χ2v) is 7.30. The van der Waals surface area contributed by atoms with Gasteiger partial charge in [0.1, 0.15) is 0 Å². The van der Waals surface area contributed by atoms with E-state index in [0.717, 1.165) is 44.3 Å². The average molecular weight is 310 g/mol. The summed E-state index contributed by atoms with van der Waals surface area (Å²) in [7, 11) is 0. The van der Waals surface area contributed by atoms with Crippen LogP contribution in [0.1, 0.15) is 58.8 Å². The van der Waals surface area contributed by atoms with Crippen molar-refractivity contribution in [1.82, 2.24) is 9.80 Å². The molecule has 128 valence electrons. The summed E-state index contributed by atoms with van der Waals surface area (Å²) in [6, 6.07) is 0.465. The maximum absolute atomic E-state index is 10.9. The summed E-state index contributed by atoms with van der Waals surface area (Å²) in [4.78, 5) is 15.7. The molecule has 1 saturated heterocycles. The molecule has 0 radical (unpaired) electrons. The van der Waals surface area contributed by atoms with E-state index in [1.165, 1.54) is 38.6 Å². The maximum Gasteiger partial charge on any atom is 0.317 e. The van der Waals surface area contributed by atoms with Gasteiger partial charge >= 0.3 is 5.97 Å². The van der Waals surface area contributed by atoms with Crippen LogP contribution in [0.2, 0.25) is 0 Å². The van der Waals surface area contributed by atoms with E-state index in [1.807, 2.05) is 0 Å². The van der Waals surface area contributed by atoms with Gasteiger partial charge in [0, 0.05) is 12.6 Å². The topological polar surface area (TPSA) is 43.8 Å². The quantitative estimate of drug-likeness (QED) is 0.785. The zero-order valence-corrected chi connectivity index (χ0v) is 14.5. The van der Waals surface area contributed by atoms with Crippen molar-refractivity contribution in [3.05, 3.63) is 0 Å². The van der Waals surface area contributed by atoms with Crippen molar-refractivity contribution in [2.45, 2.75) is 64.8 Å². The highest BCUT2D eigenvalue weighted by molar-refractivity contribution is 5.69. The molecule has 0 aromatic rings. The fourth-order valence-electron chi connectivity index (χ4n) is 4.44. The Morgan fingerprint density at radius 3 is 2.41 bits per heavy atom. The lowest BCUT2D eigenvalue weighted by Crippen LogP contribution is -2.47. The largest absolute Gasteiger partial charge is 0.480 e. The molecule has 2 rings (SSSR count). The van der Waals surface area contributed by atoms with E-state index in [2.05, 4.69) is 23.6 Å². The number of likely N-dealkylation sites (N-methyl/N-ethyl adjacent to an activating group) is 1. The van der Waals surface area contributed by atoms with E-state index >= 15 is 0 Å². The van der Waals surface area contributed by atoms with E-state index in [9.17, 15) is 4.79 Å². The Balaban J connectivity index is 1.73. The fraction of sp³-hybridized carbons (Fsp3) is 0.944. The van der Waals surface area contributed by atoms with Crippen molar-refractivity contribution in [1.29, 1.82) is 0 Å². The van der Waals surface area contributed by atoms with Crippen molar-refractivity contribution in [3.63, 3.8) is 0 Å². The van der Waals surface area contributed by atoms with Crippen molar-refractivity contribution < 1.29 is 9.90 Å². The third kappa shape index (κ3) is 5.24. The number of nitrogens with zero attached hydrogens (tertiary/aromatic N) is 2. The van der Waals surface area contributed by atoms with Gasteiger partial charge in [-0.1, -0.05) is 33.1 Å². The normalized spacial score (nSPS) is 28.1. The van der Waals surface area contributed by atoms with Crippen LogP contribution in [0.25, 0.3) is 0 Å². The number of hydrogen-bond donors (Lipinski definition) is 1. The SMILES string of the molecule is CCC1CCCC(CN2CCC(N(CC)CC(=O)O)CC2)C1. The van der Waals surface area contributed by atoms with Crippen molar-refractivity contribution in [2.24, 2.45) is 11.8 Å². The van der Waals surface area contributed by atoms with Crippen molar-refractivity contribution >= 4 is 5.97 Å². The van der Waals surface area contributed by atoms with E-state index in [1.54, 1.807) is 0 Å². The lowest BCUT2D eigenvalue weighted by atomic mass is 9.80. The van der Waals surface area contributed by atoms with Gasteiger partial charge in [-0.2, -0.15) is 0 Å². The van der Waals surface area contributed by atoms with Crippen LogP contribution in [0, 0.1) is 11.8 Å². The van der Waals surface area contributed by atoms with Crippen LogP contribution in [-0.2, 0) is 4.79 Å². The Morgan fingerprint density at radius 2 is 1.82 bits per heavy atom. The summed E-state index contributed by atoms with van der Waals surface area (Å²) in [6.45, 7) is 9.01. The Bertz CT molecular complexity index is 340. The van der Waals surface area contributed by atoms with Crippen LogP contribution >= 0.6 is 0 Å². The van der Waals surface area contributed by atoms with Crippen LogP contribution in [0.5, 0.6) is 0 Å². The number of carbonyl (C=O) groups is 1. The third-order valence-electron chi connectivity index (χ3n) is 5.80. The van der Waals surface area contributed by atoms with Crippen molar-refractivity contribution in [2.75, 3.05) is 32.7 Å². The van der Waals surface area contributed by atoms with Crippen LogP contribution in [0.3, 0.4) is 0 Å². The fourth-order valence-corrected chi connectivity index (χ4v) is 4.44. The summed E-state index contributed by atoms with van der Waals surface area (Å²) in [5.74, 6) is 1.16. The molecule has 2 atom stereocenters. The molecule has 0 spiro atoms. The second-order valence-electron chi connectivity index (χ2n) is 7.30. The molecule has 1 N–H and O–H groups in total. The zero-order chi connectivity index (χ0) is 15.9. The molecular formula is C18H34N2O2. The molecule has 4 heteroatoms. The average Bonchev–Trinajstić information content (AvgIpc) is 2.53. The van der Waals surface area contributed by atoms with Gasteiger partial charge in [0.05, 0.1) is 6.54 Å². The van der Waals surface area contributed by atoms with Crippen molar-refractivity contribution in [3.8, 4) is 0 Å². The summed E-state index contributed by atoms with van der Waals surface area (Å²) in [5.41, 5.74) is 0. The van der Waals surface area contributed by atoms with Gasteiger partial charge < -0.3 is 10.0 Å². The summed E-state index contributed by atoms with van der Waals surface area (Å²) < 4.78 is 0. The standard InChI is InChI=1S/C18H34N2O2/c1-3-15-6-5-7-16(12-15)13-19-10-8-17(9-11-19)20(4-2)14-18(21)22/h15-17H,3-14H2,1-2H3,(H,21,22). The molecule has 2 fully saturated rings. The predicted molar refractivity (Wildman–Crippen MR) is 90.1 cm³/mol. The zero-order valence-electron chi connectivity index (χ0n) is 14.5. The lowest BCUT2D eigenvalue weighted by Gasteiger charge is -2.40. The van der Waals surface area contributed by atoms with E-state index in [-0.39, 0.29) is 6.54 Å². The van der Waals surface area contributed by atoms with Crippen LogP contribution in [0.15, 0.2) is 0 Å². The van der Waals surface area contributed by atoms with E-state index in [4.69, 9.17) is 5.11 Å². The molecule has 0 amide bonds. The number of carboxylic acid groups (broad SMARTS) is 1. The summed E-state index contributed by atoms with van der Waals surface area (Å²) >= 11 is 0. The van der Waals surface area contributed by atoms with Gasteiger partial charge in [-0.05, 0) is 57.2 Å². The van der Waals surface area contributed by atoms with E-state index < -0.39 is 5.97 Å². The third-order valence-corrected chi connectivity index (χ3v) is 5.80. The minimum atomic E-state index is -0.697. The first-order chi connectivity index (χ1) is 10.6.